The molecule has 1 aromatic rings. The fraction of sp³-hybridized carbons (Fsp3) is 0.250. The first-order valence-corrected chi connectivity index (χ1v) is 4.56. The molecule has 0 atom stereocenters. The molecule has 0 aliphatic rings. The maximum Gasteiger partial charge on any atom is 0.111 e. The fourth-order valence-corrected chi connectivity index (χ4v) is 1.32. The van der Waals surface area contributed by atoms with Crippen molar-refractivity contribution < 1.29 is 0 Å². The number of halogens is 2. The third kappa shape index (κ3) is 3.37. The van der Waals surface area contributed by atoms with Crippen LogP contribution in [0.5, 0.6) is 0 Å². The molecular weight excluding hydrogens is 199 g/mol. The van der Waals surface area contributed by atoms with E-state index in [9.17, 15) is 0 Å². The quantitative estimate of drug-likeness (QED) is 0.558. The van der Waals surface area contributed by atoms with Gasteiger partial charge in [-0.3, -0.25) is 0 Å². The van der Waals surface area contributed by atoms with Gasteiger partial charge < -0.3 is 0 Å². The van der Waals surface area contributed by atoms with Crippen LogP contribution < -0.4 is 0 Å². The van der Waals surface area contributed by atoms with Gasteiger partial charge in [0.05, 0.1) is 0 Å². The molecule has 0 saturated carbocycles. The highest BCUT2D eigenvalue weighted by Gasteiger charge is 1.99. The van der Waals surface area contributed by atoms with Crippen LogP contribution in [0.1, 0.15) is 5.56 Å². The van der Waals surface area contributed by atoms with Gasteiger partial charge >= 0.3 is 0 Å². The van der Waals surface area contributed by atoms with Gasteiger partial charge in [0.1, 0.15) is 4.84 Å². The Hall–Kier alpha value is 0.150. The summed E-state index contributed by atoms with van der Waals surface area (Å²) in [6, 6.07) is 7.80. The molecule has 0 bridgehead atoms. The van der Waals surface area contributed by atoms with Gasteiger partial charge in [0.15, 0.2) is 0 Å². The number of thiol groups is 1. The maximum atomic E-state index is 5.60. The Balaban J connectivity index is 2.66. The SMILES string of the molecule is Sc1ccc(CC(Cl)Cl)cc1. The van der Waals surface area contributed by atoms with Crippen molar-refractivity contribution >= 4 is 35.8 Å². The highest BCUT2D eigenvalue weighted by Crippen LogP contribution is 2.13. The highest BCUT2D eigenvalue weighted by molar-refractivity contribution is 7.80. The Labute approximate surface area is 81.9 Å². The Kier molecular flexibility index (Phi) is 3.57. The molecule has 1 rings (SSSR count). The van der Waals surface area contributed by atoms with E-state index < -0.39 is 0 Å². The topological polar surface area (TPSA) is 0 Å². The molecular formula is C8H8Cl2S. The van der Waals surface area contributed by atoms with Crippen LogP contribution in [-0.4, -0.2) is 4.84 Å². The van der Waals surface area contributed by atoms with Gasteiger partial charge in [-0.05, 0) is 17.7 Å². The first-order chi connectivity index (χ1) is 5.18. The normalized spacial score (nSPS) is 10.5. The van der Waals surface area contributed by atoms with Gasteiger partial charge in [-0.25, -0.2) is 0 Å². The average molecular weight is 207 g/mol. The van der Waals surface area contributed by atoms with Crippen molar-refractivity contribution in [1.29, 1.82) is 0 Å². The summed E-state index contributed by atoms with van der Waals surface area (Å²) in [5.74, 6) is 0. The lowest BCUT2D eigenvalue weighted by molar-refractivity contribution is 1.08. The Morgan fingerprint density at radius 2 is 1.73 bits per heavy atom. The molecule has 0 aromatic heterocycles. The van der Waals surface area contributed by atoms with Crippen LogP contribution in [0.25, 0.3) is 0 Å². The minimum Gasteiger partial charge on any atom is -0.143 e. The van der Waals surface area contributed by atoms with Gasteiger partial charge in [-0.1, -0.05) is 12.1 Å². The first-order valence-electron chi connectivity index (χ1n) is 3.24. The van der Waals surface area contributed by atoms with E-state index in [2.05, 4.69) is 12.6 Å². The summed E-state index contributed by atoms with van der Waals surface area (Å²) >= 11 is 15.4. The molecule has 0 radical (unpaired) electrons. The second kappa shape index (κ2) is 4.24. The van der Waals surface area contributed by atoms with Gasteiger partial charge in [-0.2, -0.15) is 0 Å². The van der Waals surface area contributed by atoms with Crippen LogP contribution in [-0.2, 0) is 6.42 Å². The van der Waals surface area contributed by atoms with E-state index in [1.165, 1.54) is 0 Å². The van der Waals surface area contributed by atoms with Crippen molar-refractivity contribution in [3.63, 3.8) is 0 Å². The molecule has 0 N–H and O–H groups in total. The van der Waals surface area contributed by atoms with Crippen LogP contribution in [0.4, 0.5) is 0 Å². The Morgan fingerprint density at radius 3 is 2.18 bits per heavy atom. The monoisotopic (exact) mass is 206 g/mol. The molecule has 0 aliphatic carbocycles. The summed E-state index contributed by atoms with van der Waals surface area (Å²) < 4.78 is 0. The van der Waals surface area contributed by atoms with Crippen molar-refractivity contribution in [2.75, 3.05) is 0 Å². The minimum absolute atomic E-state index is 0.319. The third-order valence-corrected chi connectivity index (χ3v) is 1.93. The smallest absolute Gasteiger partial charge is 0.111 e. The number of hydrogen-bond donors (Lipinski definition) is 1. The predicted octanol–water partition coefficient (Wildman–Crippen LogP) is 3.32. The summed E-state index contributed by atoms with van der Waals surface area (Å²) in [6.07, 6.45) is 0.692. The molecule has 0 spiro atoms. The van der Waals surface area contributed by atoms with Crippen molar-refractivity contribution in [3.8, 4) is 0 Å². The molecule has 11 heavy (non-hydrogen) atoms. The van der Waals surface area contributed by atoms with Crippen molar-refractivity contribution in [2.45, 2.75) is 16.2 Å². The second-order valence-corrected chi connectivity index (χ2v) is 4.06. The Bertz CT molecular complexity index is 218. The van der Waals surface area contributed by atoms with E-state index in [-0.39, 0.29) is 4.84 Å². The minimum atomic E-state index is -0.319. The zero-order valence-electron chi connectivity index (χ0n) is 5.80. The summed E-state index contributed by atoms with van der Waals surface area (Å²) in [6.45, 7) is 0. The van der Waals surface area contributed by atoms with E-state index in [0.717, 1.165) is 10.5 Å². The summed E-state index contributed by atoms with van der Waals surface area (Å²) in [5.41, 5.74) is 1.14. The lowest BCUT2D eigenvalue weighted by Gasteiger charge is -2.00. The number of rotatable bonds is 2. The van der Waals surface area contributed by atoms with Gasteiger partial charge in [0.2, 0.25) is 0 Å². The van der Waals surface area contributed by atoms with Gasteiger partial charge in [-0.15, -0.1) is 35.8 Å². The predicted molar refractivity (Wildman–Crippen MR) is 52.9 cm³/mol. The van der Waals surface area contributed by atoms with Crippen LogP contribution in [0, 0.1) is 0 Å². The molecule has 0 saturated heterocycles. The number of hydrogen-bond acceptors (Lipinski definition) is 1. The van der Waals surface area contributed by atoms with Crippen molar-refractivity contribution in [2.24, 2.45) is 0 Å². The van der Waals surface area contributed by atoms with Crippen LogP contribution >= 0.6 is 35.8 Å². The number of benzene rings is 1. The van der Waals surface area contributed by atoms with Gasteiger partial charge in [0, 0.05) is 11.3 Å². The molecule has 0 amide bonds. The lowest BCUT2D eigenvalue weighted by Crippen LogP contribution is -1.92. The second-order valence-electron chi connectivity index (χ2n) is 2.26. The molecule has 0 heterocycles. The maximum absolute atomic E-state index is 5.60. The van der Waals surface area contributed by atoms with E-state index in [0.29, 0.717) is 6.42 Å². The largest absolute Gasteiger partial charge is 0.143 e. The lowest BCUT2D eigenvalue weighted by atomic mass is 10.2. The number of alkyl halides is 2. The van der Waals surface area contributed by atoms with Crippen LogP contribution in [0.15, 0.2) is 29.2 Å². The summed E-state index contributed by atoms with van der Waals surface area (Å²) in [4.78, 5) is 0.634. The van der Waals surface area contributed by atoms with Crippen LogP contribution in [0.3, 0.4) is 0 Å². The van der Waals surface area contributed by atoms with E-state index in [1.54, 1.807) is 0 Å². The van der Waals surface area contributed by atoms with Gasteiger partial charge in [0.25, 0.3) is 0 Å². The zero-order valence-corrected chi connectivity index (χ0v) is 8.20. The molecule has 0 nitrogen and oxygen atoms in total. The molecule has 0 fully saturated rings. The third-order valence-electron chi connectivity index (χ3n) is 1.33. The van der Waals surface area contributed by atoms with Crippen molar-refractivity contribution in [1.82, 2.24) is 0 Å². The van der Waals surface area contributed by atoms with Crippen LogP contribution in [0.2, 0.25) is 0 Å². The summed E-state index contributed by atoms with van der Waals surface area (Å²) in [5, 5.41) is 0. The Morgan fingerprint density at radius 1 is 1.18 bits per heavy atom. The molecule has 0 aliphatic heterocycles. The van der Waals surface area contributed by atoms with E-state index in [4.69, 9.17) is 23.2 Å². The molecule has 0 unspecified atom stereocenters. The standard InChI is InChI=1S/C8H8Cl2S/c9-8(10)5-6-1-3-7(11)4-2-6/h1-4,8,11H,5H2. The van der Waals surface area contributed by atoms with E-state index >= 15 is 0 Å². The zero-order chi connectivity index (χ0) is 8.27. The summed E-state index contributed by atoms with van der Waals surface area (Å²) in [7, 11) is 0. The molecule has 60 valence electrons. The highest BCUT2D eigenvalue weighted by atomic mass is 35.5. The van der Waals surface area contributed by atoms with Crippen molar-refractivity contribution in [3.05, 3.63) is 29.8 Å². The van der Waals surface area contributed by atoms with E-state index in [1.807, 2.05) is 24.3 Å². The molecule has 1 aromatic carbocycles. The fourth-order valence-electron chi connectivity index (χ4n) is 0.810. The molecule has 3 heteroatoms. The average Bonchev–Trinajstić information content (AvgIpc) is 1.93. The first kappa shape index (κ1) is 9.24.